The van der Waals surface area contributed by atoms with E-state index in [-0.39, 0.29) is 11.9 Å². The topological polar surface area (TPSA) is 32.3 Å². The molecule has 0 aromatic heterocycles. The fraction of sp³-hybridized carbons (Fsp3) is 0.467. The summed E-state index contributed by atoms with van der Waals surface area (Å²) < 4.78 is 0.769. The summed E-state index contributed by atoms with van der Waals surface area (Å²) in [6.45, 7) is 7.78. The lowest BCUT2D eigenvalue weighted by molar-refractivity contribution is -0.119. The number of benzene rings is 1. The molecule has 0 heterocycles. The van der Waals surface area contributed by atoms with E-state index in [1.54, 1.807) is 0 Å². The van der Waals surface area contributed by atoms with Crippen LogP contribution in [0.2, 0.25) is 5.02 Å². The van der Waals surface area contributed by atoms with Crippen LogP contribution < -0.4 is 5.32 Å². The maximum Gasteiger partial charge on any atom is 0.230 e. The van der Waals surface area contributed by atoms with Gasteiger partial charge < -0.3 is 10.2 Å². The van der Waals surface area contributed by atoms with Crippen LogP contribution in [0, 0.1) is 0 Å². The molecule has 1 atom stereocenters. The number of rotatable bonds is 6. The fourth-order valence-corrected chi connectivity index (χ4v) is 3.26. The molecule has 1 rings (SSSR count). The maximum absolute atomic E-state index is 12.0. The van der Waals surface area contributed by atoms with Crippen LogP contribution in [-0.4, -0.2) is 34.0 Å². The average molecular weight is 345 g/mol. The monoisotopic (exact) mass is 344 g/mol. The van der Waals surface area contributed by atoms with Crippen molar-refractivity contribution in [2.75, 3.05) is 18.8 Å². The van der Waals surface area contributed by atoms with Gasteiger partial charge in [0, 0.05) is 18.1 Å². The standard InChI is InChI=1S/C15H21ClN2OS2/c1-4-18(5-2)15(20)21-10-14(19)17-11(3)12-7-6-8-13(16)9-12/h6-9,11H,4-5,10H2,1-3H3,(H,17,19)/t11-/m1/s1. The number of halogens is 1. The van der Waals surface area contributed by atoms with Gasteiger partial charge in [-0.15, -0.1) is 0 Å². The van der Waals surface area contributed by atoms with Gasteiger partial charge in [-0.1, -0.05) is 47.7 Å². The van der Waals surface area contributed by atoms with Crippen molar-refractivity contribution in [2.24, 2.45) is 0 Å². The van der Waals surface area contributed by atoms with Gasteiger partial charge in [0.2, 0.25) is 5.91 Å². The molecule has 0 aliphatic rings. The molecule has 1 amide bonds. The lowest BCUT2D eigenvalue weighted by Gasteiger charge is -2.21. The first-order valence-electron chi connectivity index (χ1n) is 6.94. The molecule has 6 heteroatoms. The van der Waals surface area contributed by atoms with E-state index in [0.717, 1.165) is 23.0 Å². The van der Waals surface area contributed by atoms with Crippen LogP contribution in [0.3, 0.4) is 0 Å². The zero-order chi connectivity index (χ0) is 15.8. The average Bonchev–Trinajstić information content (AvgIpc) is 2.46. The Bertz CT molecular complexity index is 492. The number of carbonyl (C=O) groups excluding carboxylic acids is 1. The van der Waals surface area contributed by atoms with Crippen molar-refractivity contribution in [2.45, 2.75) is 26.8 Å². The summed E-state index contributed by atoms with van der Waals surface area (Å²) in [5.74, 6) is 0.308. The molecule has 0 saturated heterocycles. The molecule has 0 spiro atoms. The van der Waals surface area contributed by atoms with E-state index in [4.69, 9.17) is 23.8 Å². The van der Waals surface area contributed by atoms with E-state index in [1.807, 2.05) is 31.2 Å². The number of nitrogens with one attached hydrogen (secondary N) is 1. The minimum absolute atomic E-state index is 0.0259. The Morgan fingerprint density at radius 1 is 1.43 bits per heavy atom. The minimum atomic E-state index is -0.0705. The summed E-state index contributed by atoms with van der Waals surface area (Å²) in [6.07, 6.45) is 0. The Morgan fingerprint density at radius 3 is 2.67 bits per heavy atom. The molecule has 0 aliphatic carbocycles. The maximum atomic E-state index is 12.0. The van der Waals surface area contributed by atoms with Gasteiger partial charge in [0.05, 0.1) is 11.8 Å². The van der Waals surface area contributed by atoms with Gasteiger partial charge in [-0.05, 0) is 38.5 Å². The van der Waals surface area contributed by atoms with Crippen molar-refractivity contribution in [3.63, 3.8) is 0 Å². The van der Waals surface area contributed by atoms with Gasteiger partial charge in [-0.25, -0.2) is 0 Å². The third-order valence-corrected chi connectivity index (χ3v) is 4.83. The molecule has 1 aromatic carbocycles. The fourth-order valence-electron chi connectivity index (χ4n) is 1.84. The van der Waals surface area contributed by atoms with Crippen molar-refractivity contribution in [3.05, 3.63) is 34.9 Å². The summed E-state index contributed by atoms with van der Waals surface area (Å²) in [4.78, 5) is 14.0. The normalized spacial score (nSPS) is 11.8. The molecule has 0 unspecified atom stereocenters. The highest BCUT2D eigenvalue weighted by Gasteiger charge is 2.12. The van der Waals surface area contributed by atoms with Crippen molar-refractivity contribution >= 4 is 45.8 Å². The molecule has 0 fully saturated rings. The van der Waals surface area contributed by atoms with E-state index >= 15 is 0 Å². The van der Waals surface area contributed by atoms with Crippen LogP contribution in [0.25, 0.3) is 0 Å². The van der Waals surface area contributed by atoms with E-state index in [9.17, 15) is 4.79 Å². The zero-order valence-corrected chi connectivity index (χ0v) is 14.9. The van der Waals surface area contributed by atoms with Gasteiger partial charge in [-0.3, -0.25) is 4.79 Å². The summed E-state index contributed by atoms with van der Waals surface area (Å²) in [5, 5.41) is 3.63. The van der Waals surface area contributed by atoms with Gasteiger partial charge in [0.15, 0.2) is 0 Å². The first-order valence-corrected chi connectivity index (χ1v) is 8.71. The van der Waals surface area contributed by atoms with Crippen LogP contribution in [0.15, 0.2) is 24.3 Å². The smallest absolute Gasteiger partial charge is 0.230 e. The highest BCUT2D eigenvalue weighted by molar-refractivity contribution is 8.23. The lowest BCUT2D eigenvalue weighted by Crippen LogP contribution is -2.31. The number of thiocarbonyl (C=S) groups is 1. The van der Waals surface area contributed by atoms with E-state index in [1.165, 1.54) is 11.8 Å². The molecular formula is C15H21ClN2OS2. The minimum Gasteiger partial charge on any atom is -0.358 e. The summed E-state index contributed by atoms with van der Waals surface area (Å²) in [6, 6.07) is 7.44. The predicted octanol–water partition coefficient (Wildman–Crippen LogP) is 3.88. The number of hydrogen-bond donors (Lipinski definition) is 1. The SMILES string of the molecule is CCN(CC)C(=S)SCC(=O)N[C@H](C)c1cccc(Cl)c1. The molecule has 0 aliphatic heterocycles. The van der Waals surface area contributed by atoms with E-state index in [0.29, 0.717) is 10.8 Å². The van der Waals surface area contributed by atoms with Crippen molar-refractivity contribution in [1.82, 2.24) is 10.2 Å². The summed E-state index contributed by atoms with van der Waals surface area (Å²) in [7, 11) is 0. The highest BCUT2D eigenvalue weighted by Crippen LogP contribution is 2.17. The Labute approximate surface area is 141 Å². The van der Waals surface area contributed by atoms with Crippen molar-refractivity contribution < 1.29 is 4.79 Å². The molecule has 21 heavy (non-hydrogen) atoms. The Kier molecular flexibility index (Phi) is 8.07. The van der Waals surface area contributed by atoms with Crippen molar-refractivity contribution in [3.8, 4) is 0 Å². The summed E-state index contributed by atoms with van der Waals surface area (Å²) >= 11 is 12.7. The quantitative estimate of drug-likeness (QED) is 0.794. The Morgan fingerprint density at radius 2 is 2.10 bits per heavy atom. The first kappa shape index (κ1) is 18.3. The molecule has 0 radical (unpaired) electrons. The first-order chi connectivity index (χ1) is 9.97. The highest BCUT2D eigenvalue weighted by atomic mass is 35.5. The molecule has 1 aromatic rings. The number of amides is 1. The van der Waals surface area contributed by atoms with Crippen molar-refractivity contribution in [1.29, 1.82) is 0 Å². The van der Waals surface area contributed by atoms with Crippen LogP contribution >= 0.6 is 35.6 Å². The largest absolute Gasteiger partial charge is 0.358 e. The van der Waals surface area contributed by atoms with Gasteiger partial charge in [-0.2, -0.15) is 0 Å². The number of thioether (sulfide) groups is 1. The van der Waals surface area contributed by atoms with Crippen LogP contribution in [0.5, 0.6) is 0 Å². The third kappa shape index (κ3) is 6.24. The third-order valence-electron chi connectivity index (χ3n) is 3.07. The Balaban J connectivity index is 2.45. The predicted molar refractivity (Wildman–Crippen MR) is 96.0 cm³/mol. The van der Waals surface area contributed by atoms with Gasteiger partial charge in [0.25, 0.3) is 0 Å². The summed E-state index contributed by atoms with van der Waals surface area (Å²) in [5.41, 5.74) is 0.993. The lowest BCUT2D eigenvalue weighted by atomic mass is 10.1. The number of carbonyl (C=O) groups is 1. The van der Waals surface area contributed by atoms with Crippen LogP contribution in [0.4, 0.5) is 0 Å². The van der Waals surface area contributed by atoms with E-state index in [2.05, 4.69) is 24.1 Å². The Hall–Kier alpha value is -0.780. The van der Waals surface area contributed by atoms with E-state index < -0.39 is 0 Å². The number of hydrogen-bond acceptors (Lipinski definition) is 3. The van der Waals surface area contributed by atoms with Gasteiger partial charge in [0.1, 0.15) is 4.32 Å². The molecule has 1 N–H and O–H groups in total. The molecular weight excluding hydrogens is 324 g/mol. The second-order valence-electron chi connectivity index (χ2n) is 4.57. The second kappa shape index (κ2) is 9.28. The zero-order valence-electron chi connectivity index (χ0n) is 12.6. The molecule has 3 nitrogen and oxygen atoms in total. The molecule has 0 saturated carbocycles. The number of nitrogens with zero attached hydrogens (tertiary/aromatic N) is 1. The van der Waals surface area contributed by atoms with Crippen LogP contribution in [-0.2, 0) is 4.79 Å². The van der Waals surface area contributed by atoms with Gasteiger partial charge >= 0.3 is 0 Å². The molecule has 0 bridgehead atoms. The van der Waals surface area contributed by atoms with Crippen LogP contribution in [0.1, 0.15) is 32.4 Å². The molecule has 116 valence electrons. The second-order valence-corrected chi connectivity index (χ2v) is 6.62.